The van der Waals surface area contributed by atoms with Gasteiger partial charge in [-0.1, -0.05) is 20.8 Å². The summed E-state index contributed by atoms with van der Waals surface area (Å²) in [5, 5.41) is 9.59. The lowest BCUT2D eigenvalue weighted by atomic mass is 9.77. The van der Waals surface area contributed by atoms with Gasteiger partial charge in [-0.05, 0) is 59.2 Å². The minimum Gasteiger partial charge on any atom is -0.374 e. The summed E-state index contributed by atoms with van der Waals surface area (Å²) in [6.07, 6.45) is -11.5. The van der Waals surface area contributed by atoms with Crippen molar-refractivity contribution in [2.75, 3.05) is 0 Å². The Labute approximate surface area is 130 Å². The monoisotopic (exact) mass is 342 g/mol. The first kappa shape index (κ1) is 16.0. The molecule has 4 fully saturated rings. The largest absolute Gasteiger partial charge is 0.426 e. The first-order chi connectivity index (χ1) is 10.2. The quantitative estimate of drug-likeness (QED) is 0.730. The van der Waals surface area contributed by atoms with E-state index in [2.05, 4.69) is 6.92 Å². The van der Waals surface area contributed by atoms with Gasteiger partial charge in [0.05, 0.1) is 0 Å². The Hall–Kier alpha value is -0.460. The summed E-state index contributed by atoms with van der Waals surface area (Å²) < 4.78 is 78.2. The van der Waals surface area contributed by atoms with Crippen LogP contribution in [0.4, 0.5) is 26.3 Å². The van der Waals surface area contributed by atoms with E-state index in [0.717, 1.165) is 6.42 Å². The molecule has 132 valence electrons. The molecule has 0 radical (unpaired) electrons. The maximum atomic E-state index is 13.0. The van der Waals surface area contributed by atoms with Gasteiger partial charge in [-0.2, -0.15) is 26.3 Å². The number of rotatable bonds is 2. The van der Waals surface area contributed by atoms with Crippen LogP contribution >= 0.6 is 0 Å². The van der Waals surface area contributed by atoms with Crippen molar-refractivity contribution in [1.82, 2.24) is 0 Å². The van der Waals surface area contributed by atoms with E-state index in [9.17, 15) is 31.4 Å². The van der Waals surface area contributed by atoms with Gasteiger partial charge in [0.25, 0.3) is 5.60 Å². The zero-order valence-corrected chi connectivity index (χ0v) is 13.1. The molecule has 6 unspecified atom stereocenters. The SMILES string of the molecule is CC1C2C3C(C)(C)C34CC12CC4CC(O)(C(F)(F)F)C(F)(F)F. The van der Waals surface area contributed by atoms with Crippen LogP contribution in [0.2, 0.25) is 0 Å². The van der Waals surface area contributed by atoms with Gasteiger partial charge in [0.1, 0.15) is 0 Å². The van der Waals surface area contributed by atoms with Crippen LogP contribution in [0.25, 0.3) is 0 Å². The standard InChI is InChI=1S/C16H20F6O/c1-7-9-10-11(2,3)13(10)6-12(7,9)4-8(13)5-14(23,15(17,18)19)16(20,21)22/h7-10,23H,4-6H2,1-3H3. The number of hydrogen-bond acceptors (Lipinski definition) is 1. The zero-order valence-electron chi connectivity index (χ0n) is 13.1. The second kappa shape index (κ2) is 3.56. The summed E-state index contributed by atoms with van der Waals surface area (Å²) in [5.74, 6) is 0.349. The van der Waals surface area contributed by atoms with Crippen molar-refractivity contribution in [1.29, 1.82) is 0 Å². The average Bonchev–Trinajstić information content (AvgIpc) is 2.94. The molecule has 0 aromatic rings. The Morgan fingerprint density at radius 2 is 1.57 bits per heavy atom. The molecule has 0 aliphatic heterocycles. The third-order valence-electron chi connectivity index (χ3n) is 8.26. The average molecular weight is 342 g/mol. The molecule has 0 amide bonds. The van der Waals surface area contributed by atoms with Crippen LogP contribution in [0.3, 0.4) is 0 Å². The van der Waals surface area contributed by atoms with Crippen LogP contribution in [0.5, 0.6) is 0 Å². The molecule has 2 bridgehead atoms. The molecule has 23 heavy (non-hydrogen) atoms. The Morgan fingerprint density at radius 1 is 1.04 bits per heavy atom. The Kier molecular flexibility index (Phi) is 2.48. The summed E-state index contributed by atoms with van der Waals surface area (Å²) in [7, 11) is 0. The molecule has 0 aromatic heterocycles. The number of fused-ring (bicyclic) bond motifs is 1. The van der Waals surface area contributed by atoms with E-state index in [1.165, 1.54) is 0 Å². The minimum atomic E-state index is -5.70. The van der Waals surface area contributed by atoms with Crippen LogP contribution < -0.4 is 0 Å². The highest BCUT2D eigenvalue weighted by molar-refractivity contribution is 5.41. The highest BCUT2D eigenvalue weighted by Gasteiger charge is 2.94. The molecule has 0 heterocycles. The molecule has 2 spiro atoms. The van der Waals surface area contributed by atoms with Crippen molar-refractivity contribution < 1.29 is 31.4 Å². The van der Waals surface area contributed by atoms with Crippen molar-refractivity contribution in [3.05, 3.63) is 0 Å². The predicted octanol–water partition coefficient (Wildman–Crippen LogP) is 4.55. The van der Waals surface area contributed by atoms with Crippen LogP contribution in [-0.4, -0.2) is 23.1 Å². The molecule has 0 saturated heterocycles. The van der Waals surface area contributed by atoms with Crippen molar-refractivity contribution in [2.24, 2.45) is 39.9 Å². The maximum absolute atomic E-state index is 13.0. The fraction of sp³-hybridized carbons (Fsp3) is 1.00. The van der Waals surface area contributed by atoms with Crippen LogP contribution in [0.15, 0.2) is 0 Å². The van der Waals surface area contributed by atoms with Gasteiger partial charge >= 0.3 is 12.4 Å². The first-order valence-electron chi connectivity index (χ1n) is 8.03. The zero-order chi connectivity index (χ0) is 17.4. The van der Waals surface area contributed by atoms with Gasteiger partial charge in [0.2, 0.25) is 0 Å². The molecule has 1 N–H and O–H groups in total. The van der Waals surface area contributed by atoms with E-state index in [1.54, 1.807) is 0 Å². The molecule has 4 rings (SSSR count). The van der Waals surface area contributed by atoms with Crippen molar-refractivity contribution in [3.63, 3.8) is 0 Å². The van der Waals surface area contributed by atoms with Crippen molar-refractivity contribution in [3.8, 4) is 0 Å². The molecular formula is C16H20F6O. The molecule has 6 atom stereocenters. The highest BCUT2D eigenvalue weighted by atomic mass is 19.4. The molecule has 4 saturated carbocycles. The second-order valence-corrected chi connectivity index (χ2v) is 8.93. The Morgan fingerprint density at radius 3 is 2.00 bits per heavy atom. The minimum absolute atomic E-state index is 0.0526. The number of hydrogen-bond donors (Lipinski definition) is 1. The second-order valence-electron chi connectivity index (χ2n) is 8.93. The van der Waals surface area contributed by atoms with Crippen LogP contribution in [-0.2, 0) is 0 Å². The summed E-state index contributed by atoms with van der Waals surface area (Å²) in [5.41, 5.74) is -5.31. The number of halogens is 6. The van der Waals surface area contributed by atoms with Gasteiger partial charge < -0.3 is 5.11 Å². The van der Waals surface area contributed by atoms with Crippen LogP contribution in [0, 0.1) is 39.9 Å². The number of alkyl halides is 6. The van der Waals surface area contributed by atoms with Gasteiger partial charge in [-0.25, -0.2) is 0 Å². The van der Waals surface area contributed by atoms with Gasteiger partial charge in [-0.3, -0.25) is 0 Å². The van der Waals surface area contributed by atoms with Gasteiger partial charge in [-0.15, -0.1) is 0 Å². The summed E-state index contributed by atoms with van der Waals surface area (Å²) >= 11 is 0. The smallest absolute Gasteiger partial charge is 0.374 e. The molecule has 7 heteroatoms. The lowest BCUT2D eigenvalue weighted by molar-refractivity contribution is -0.373. The lowest BCUT2D eigenvalue weighted by Gasteiger charge is -2.37. The van der Waals surface area contributed by atoms with Crippen molar-refractivity contribution in [2.45, 2.75) is 58.0 Å². The number of aliphatic hydroxyl groups is 1. The third kappa shape index (κ3) is 1.40. The Balaban J connectivity index is 1.68. The Bertz CT molecular complexity index is 564. The van der Waals surface area contributed by atoms with E-state index >= 15 is 0 Å². The molecule has 4 aliphatic rings. The fourth-order valence-electron chi connectivity index (χ4n) is 7.18. The van der Waals surface area contributed by atoms with Crippen LogP contribution in [0.1, 0.15) is 40.0 Å². The molecule has 1 nitrogen and oxygen atoms in total. The van der Waals surface area contributed by atoms with E-state index in [1.807, 2.05) is 13.8 Å². The molecular weight excluding hydrogens is 322 g/mol. The molecule has 4 aliphatic carbocycles. The van der Waals surface area contributed by atoms with E-state index in [4.69, 9.17) is 0 Å². The summed E-state index contributed by atoms with van der Waals surface area (Å²) in [6, 6.07) is 0. The highest BCUT2D eigenvalue weighted by Crippen LogP contribution is 2.99. The van der Waals surface area contributed by atoms with Gasteiger partial charge in [0, 0.05) is 0 Å². The topological polar surface area (TPSA) is 20.2 Å². The lowest BCUT2D eigenvalue weighted by Crippen LogP contribution is -2.58. The van der Waals surface area contributed by atoms with Gasteiger partial charge in [0.15, 0.2) is 0 Å². The fourth-order valence-corrected chi connectivity index (χ4v) is 7.18. The van der Waals surface area contributed by atoms with E-state index in [-0.39, 0.29) is 16.7 Å². The predicted molar refractivity (Wildman–Crippen MR) is 69.2 cm³/mol. The first-order valence-corrected chi connectivity index (χ1v) is 8.03. The summed E-state index contributed by atoms with van der Waals surface area (Å²) in [4.78, 5) is 0. The maximum Gasteiger partial charge on any atom is 0.426 e. The van der Waals surface area contributed by atoms with Crippen molar-refractivity contribution >= 4 is 0 Å². The molecule has 0 aromatic carbocycles. The normalized spacial score (nSPS) is 49.8. The summed E-state index contributed by atoms with van der Waals surface area (Å²) in [6.45, 7) is 5.99. The third-order valence-corrected chi connectivity index (χ3v) is 8.26. The van der Waals surface area contributed by atoms with E-state index < -0.39 is 35.7 Å². The van der Waals surface area contributed by atoms with E-state index in [0.29, 0.717) is 18.3 Å².